The molecule has 0 saturated carbocycles. The van der Waals surface area contributed by atoms with Crippen LogP contribution in [0.25, 0.3) is 10.9 Å². The molecule has 76 valence electrons. The minimum atomic E-state index is 0.282. The zero-order chi connectivity index (χ0) is 10.4. The maximum absolute atomic E-state index is 11.8. The highest BCUT2D eigenvalue weighted by Crippen LogP contribution is 2.27. The summed E-state index contributed by atoms with van der Waals surface area (Å²) in [5.74, 6) is 0.741. The maximum Gasteiger partial charge on any atom is 0.179 e. The molecule has 0 aliphatic carbocycles. The average Bonchev–Trinajstić information content (AvgIpc) is 2.57. The van der Waals surface area contributed by atoms with Crippen LogP contribution in [-0.4, -0.2) is 10.4 Å². The SMILES string of the molecule is CC1CC(=O)c2cc3ccccc3n2C1. The Bertz CT molecular complexity index is 538. The molecule has 0 saturated heterocycles. The third kappa shape index (κ3) is 1.21. The zero-order valence-electron chi connectivity index (χ0n) is 8.73. The molecule has 0 radical (unpaired) electrons. The lowest BCUT2D eigenvalue weighted by Crippen LogP contribution is -2.22. The summed E-state index contributed by atoms with van der Waals surface area (Å²) in [7, 11) is 0. The molecular weight excluding hydrogens is 186 g/mol. The van der Waals surface area contributed by atoms with E-state index < -0.39 is 0 Å². The van der Waals surface area contributed by atoms with Gasteiger partial charge in [0.05, 0.1) is 5.69 Å². The summed E-state index contributed by atoms with van der Waals surface area (Å²) in [4.78, 5) is 11.8. The maximum atomic E-state index is 11.8. The number of ketones is 1. The van der Waals surface area contributed by atoms with Crippen molar-refractivity contribution in [1.29, 1.82) is 0 Å². The van der Waals surface area contributed by atoms with Crippen LogP contribution < -0.4 is 0 Å². The number of carbonyl (C=O) groups is 1. The van der Waals surface area contributed by atoms with Crippen molar-refractivity contribution in [3.63, 3.8) is 0 Å². The van der Waals surface area contributed by atoms with Crippen LogP contribution in [0.15, 0.2) is 30.3 Å². The summed E-state index contributed by atoms with van der Waals surface area (Å²) in [5, 5.41) is 1.18. The van der Waals surface area contributed by atoms with Gasteiger partial charge in [0.15, 0.2) is 5.78 Å². The van der Waals surface area contributed by atoms with E-state index in [4.69, 9.17) is 0 Å². The van der Waals surface area contributed by atoms with Gasteiger partial charge in [-0.25, -0.2) is 0 Å². The lowest BCUT2D eigenvalue weighted by Gasteiger charge is -2.20. The average molecular weight is 199 g/mol. The van der Waals surface area contributed by atoms with Gasteiger partial charge in [-0.15, -0.1) is 0 Å². The fourth-order valence-corrected chi connectivity index (χ4v) is 2.44. The summed E-state index contributed by atoms with van der Waals surface area (Å²) in [6, 6.07) is 10.2. The van der Waals surface area contributed by atoms with Crippen LogP contribution in [0.1, 0.15) is 23.8 Å². The first-order chi connectivity index (χ1) is 7.25. The molecule has 0 spiro atoms. The first-order valence-electron chi connectivity index (χ1n) is 5.37. The third-order valence-electron chi connectivity index (χ3n) is 3.12. The van der Waals surface area contributed by atoms with Crippen molar-refractivity contribution in [2.45, 2.75) is 19.9 Å². The van der Waals surface area contributed by atoms with Crippen molar-refractivity contribution in [2.24, 2.45) is 5.92 Å². The number of rotatable bonds is 0. The lowest BCUT2D eigenvalue weighted by molar-refractivity contribution is 0.0930. The van der Waals surface area contributed by atoms with Gasteiger partial charge in [-0.3, -0.25) is 4.79 Å². The first kappa shape index (κ1) is 8.72. The van der Waals surface area contributed by atoms with E-state index in [9.17, 15) is 4.79 Å². The van der Waals surface area contributed by atoms with Crippen molar-refractivity contribution >= 4 is 16.7 Å². The van der Waals surface area contributed by atoms with Crippen molar-refractivity contribution in [2.75, 3.05) is 0 Å². The minimum absolute atomic E-state index is 0.282. The summed E-state index contributed by atoms with van der Waals surface area (Å²) in [6.07, 6.45) is 0.691. The van der Waals surface area contributed by atoms with Crippen LogP contribution in [0, 0.1) is 5.92 Å². The fourth-order valence-electron chi connectivity index (χ4n) is 2.44. The number of carbonyl (C=O) groups excluding carboxylic acids is 1. The Labute approximate surface area is 88.5 Å². The van der Waals surface area contributed by atoms with Gasteiger partial charge < -0.3 is 4.57 Å². The van der Waals surface area contributed by atoms with E-state index in [0.29, 0.717) is 12.3 Å². The van der Waals surface area contributed by atoms with Crippen molar-refractivity contribution in [3.05, 3.63) is 36.0 Å². The van der Waals surface area contributed by atoms with Gasteiger partial charge in [0.1, 0.15) is 0 Å². The largest absolute Gasteiger partial charge is 0.338 e. The summed E-state index contributed by atoms with van der Waals surface area (Å²) < 4.78 is 2.16. The fraction of sp³-hybridized carbons (Fsp3) is 0.308. The van der Waals surface area contributed by atoms with Crippen LogP contribution in [0.4, 0.5) is 0 Å². The Balaban J connectivity index is 2.32. The van der Waals surface area contributed by atoms with E-state index >= 15 is 0 Å². The summed E-state index contributed by atoms with van der Waals surface area (Å²) >= 11 is 0. The lowest BCUT2D eigenvalue weighted by atomic mass is 9.99. The molecule has 0 fully saturated rings. The van der Waals surface area contributed by atoms with Gasteiger partial charge in [-0.05, 0) is 18.1 Å². The molecule has 1 aliphatic heterocycles. The van der Waals surface area contributed by atoms with Gasteiger partial charge in [0.2, 0.25) is 0 Å². The van der Waals surface area contributed by atoms with E-state index in [0.717, 1.165) is 12.2 Å². The number of fused-ring (bicyclic) bond motifs is 3. The number of aromatic nitrogens is 1. The van der Waals surface area contributed by atoms with Gasteiger partial charge in [-0.1, -0.05) is 25.1 Å². The van der Waals surface area contributed by atoms with E-state index in [-0.39, 0.29) is 5.78 Å². The molecule has 15 heavy (non-hydrogen) atoms. The molecule has 0 amide bonds. The summed E-state index contributed by atoms with van der Waals surface area (Å²) in [6.45, 7) is 3.10. The molecule has 2 heterocycles. The smallest absolute Gasteiger partial charge is 0.179 e. The number of benzene rings is 1. The van der Waals surface area contributed by atoms with Gasteiger partial charge in [0, 0.05) is 23.9 Å². The second kappa shape index (κ2) is 2.96. The van der Waals surface area contributed by atoms with E-state index in [1.807, 2.05) is 18.2 Å². The molecule has 2 nitrogen and oxygen atoms in total. The van der Waals surface area contributed by atoms with Gasteiger partial charge >= 0.3 is 0 Å². The van der Waals surface area contributed by atoms with Crippen LogP contribution in [-0.2, 0) is 6.54 Å². The second-order valence-corrected chi connectivity index (χ2v) is 4.43. The number of nitrogens with zero attached hydrogens (tertiary/aromatic N) is 1. The number of para-hydroxylation sites is 1. The van der Waals surface area contributed by atoms with Crippen molar-refractivity contribution < 1.29 is 4.79 Å². The highest BCUT2D eigenvalue weighted by Gasteiger charge is 2.23. The Morgan fingerprint density at radius 2 is 2.13 bits per heavy atom. The van der Waals surface area contributed by atoms with E-state index in [1.165, 1.54) is 10.9 Å². The second-order valence-electron chi connectivity index (χ2n) is 4.43. The van der Waals surface area contributed by atoms with Crippen molar-refractivity contribution in [1.82, 2.24) is 4.57 Å². The normalized spacial score (nSPS) is 20.6. The van der Waals surface area contributed by atoms with Gasteiger partial charge in [0.25, 0.3) is 0 Å². The Kier molecular flexibility index (Phi) is 1.72. The Morgan fingerprint density at radius 1 is 1.33 bits per heavy atom. The highest BCUT2D eigenvalue weighted by atomic mass is 16.1. The molecule has 1 atom stereocenters. The monoisotopic (exact) mass is 199 g/mol. The van der Waals surface area contributed by atoms with Crippen molar-refractivity contribution in [3.8, 4) is 0 Å². The number of hydrogen-bond acceptors (Lipinski definition) is 1. The molecule has 1 aromatic carbocycles. The molecule has 1 aromatic heterocycles. The molecule has 1 aliphatic rings. The standard InChI is InChI=1S/C13H13NO/c1-9-6-13(15)12-7-10-4-2-3-5-11(10)14(12)8-9/h2-5,7,9H,6,8H2,1H3. The topological polar surface area (TPSA) is 22.0 Å². The Morgan fingerprint density at radius 3 is 3.00 bits per heavy atom. The highest BCUT2D eigenvalue weighted by molar-refractivity contribution is 6.00. The molecule has 0 N–H and O–H groups in total. The molecular formula is C13H13NO. The molecule has 2 aromatic rings. The third-order valence-corrected chi connectivity index (χ3v) is 3.12. The number of hydrogen-bond donors (Lipinski definition) is 0. The predicted molar refractivity (Wildman–Crippen MR) is 60.0 cm³/mol. The van der Waals surface area contributed by atoms with Crippen LogP contribution in [0.5, 0.6) is 0 Å². The van der Waals surface area contributed by atoms with Gasteiger partial charge in [-0.2, -0.15) is 0 Å². The number of Topliss-reactive ketones (excluding diaryl/α,β-unsaturated/α-hetero) is 1. The van der Waals surface area contributed by atoms with E-state index in [2.05, 4.69) is 23.6 Å². The zero-order valence-corrected chi connectivity index (χ0v) is 8.73. The predicted octanol–water partition coefficient (Wildman–Crippen LogP) is 2.86. The molecule has 2 heteroatoms. The molecule has 0 bridgehead atoms. The van der Waals surface area contributed by atoms with E-state index in [1.54, 1.807) is 0 Å². The van der Waals surface area contributed by atoms with Crippen LogP contribution >= 0.6 is 0 Å². The Hall–Kier alpha value is -1.57. The molecule has 3 rings (SSSR count). The molecule has 1 unspecified atom stereocenters. The minimum Gasteiger partial charge on any atom is -0.338 e. The first-order valence-corrected chi connectivity index (χ1v) is 5.37. The quantitative estimate of drug-likeness (QED) is 0.639. The van der Waals surface area contributed by atoms with Crippen LogP contribution in [0.2, 0.25) is 0 Å². The van der Waals surface area contributed by atoms with Crippen LogP contribution in [0.3, 0.4) is 0 Å². The summed E-state index contributed by atoms with van der Waals surface area (Å²) in [5.41, 5.74) is 2.07.